The second-order valence-corrected chi connectivity index (χ2v) is 17.2. The van der Waals surface area contributed by atoms with Gasteiger partial charge in [-0.05, 0) is 102 Å². The highest BCUT2D eigenvalue weighted by molar-refractivity contribution is 6.23. The number of aryl methyl sites for hydroxylation is 1. The summed E-state index contributed by atoms with van der Waals surface area (Å²) in [6.07, 6.45) is 7.36. The maximum absolute atomic E-state index is 14.2. The van der Waals surface area contributed by atoms with Crippen molar-refractivity contribution in [2.45, 2.75) is 90.5 Å². The predicted molar refractivity (Wildman–Crippen MR) is 232 cm³/mol. The topological polar surface area (TPSA) is 173 Å². The summed E-state index contributed by atoms with van der Waals surface area (Å²) in [6, 6.07) is 12.4. The number of pyridine rings is 2. The van der Waals surface area contributed by atoms with Crippen molar-refractivity contribution in [3.63, 3.8) is 0 Å². The molecule has 0 bridgehead atoms. The number of amides is 5. The Labute approximate surface area is 361 Å². The van der Waals surface area contributed by atoms with Crippen LogP contribution in [0.1, 0.15) is 101 Å². The molecule has 2 atom stereocenters. The standard InChI is InChI=1S/C45H54N12O5/c1-4-53-28-46-50-41(53)35-11-8-12-38(47-35)56-26-34-33(43(56)60)25-39(55-19-9-10-29(55)2)48-36(34)27-51(3)17-6-5-7-18-52-20-22-54(23-21-52)30-13-14-31-32(24-30)45(62)57(44(31)61)37-15-16-40(58)49-42(37)59/h8,11-14,24-25,28-29,37H,4-7,9-10,15-23,26-27H2,1-3H3,(H,49,58,59)/t29-,37?/m1/s1. The maximum atomic E-state index is 14.2. The van der Waals surface area contributed by atoms with Crippen molar-refractivity contribution in [1.82, 2.24) is 44.7 Å². The minimum atomic E-state index is -0.973. The van der Waals surface area contributed by atoms with Gasteiger partial charge in [-0.15, -0.1) is 10.2 Å². The molecule has 0 aliphatic carbocycles. The van der Waals surface area contributed by atoms with Crippen LogP contribution >= 0.6 is 0 Å². The number of hydrogen-bond donors (Lipinski definition) is 1. The molecule has 0 spiro atoms. The quantitative estimate of drug-likeness (QED) is 0.144. The van der Waals surface area contributed by atoms with Crippen LogP contribution in [0.25, 0.3) is 11.5 Å². The zero-order chi connectivity index (χ0) is 43.1. The molecule has 3 fully saturated rings. The number of benzene rings is 1. The third kappa shape index (κ3) is 7.94. The fraction of sp³-hybridized carbons (Fsp3) is 0.489. The van der Waals surface area contributed by atoms with Crippen LogP contribution in [0.2, 0.25) is 0 Å². The van der Waals surface area contributed by atoms with Gasteiger partial charge in [-0.3, -0.25) is 44.0 Å². The van der Waals surface area contributed by atoms with Crippen LogP contribution in [-0.2, 0) is 29.2 Å². The van der Waals surface area contributed by atoms with E-state index in [1.54, 1.807) is 23.4 Å². The van der Waals surface area contributed by atoms with Gasteiger partial charge in [0.15, 0.2) is 5.82 Å². The summed E-state index contributed by atoms with van der Waals surface area (Å²) in [5.74, 6) is 0.111. The molecular weight excluding hydrogens is 789 g/mol. The van der Waals surface area contributed by atoms with E-state index in [9.17, 15) is 24.0 Å². The number of carbonyl (C=O) groups is 5. The van der Waals surface area contributed by atoms with Gasteiger partial charge < -0.3 is 19.3 Å². The van der Waals surface area contributed by atoms with E-state index < -0.39 is 29.7 Å². The second-order valence-electron chi connectivity index (χ2n) is 17.2. The Morgan fingerprint density at radius 2 is 1.66 bits per heavy atom. The molecule has 8 heterocycles. The van der Waals surface area contributed by atoms with Crippen LogP contribution in [0.4, 0.5) is 17.3 Å². The molecule has 0 saturated carbocycles. The normalized spacial score (nSPS) is 20.5. The molecule has 4 aromatic rings. The number of piperazine rings is 1. The van der Waals surface area contributed by atoms with Crippen LogP contribution in [0.3, 0.4) is 0 Å². The van der Waals surface area contributed by atoms with Gasteiger partial charge >= 0.3 is 0 Å². The lowest BCUT2D eigenvalue weighted by Crippen LogP contribution is -2.54. The lowest BCUT2D eigenvalue weighted by Gasteiger charge is -2.36. The highest BCUT2D eigenvalue weighted by atomic mass is 16.2. The smallest absolute Gasteiger partial charge is 0.262 e. The minimum absolute atomic E-state index is 0.0564. The molecule has 17 heteroatoms. The largest absolute Gasteiger partial charge is 0.369 e. The molecule has 324 valence electrons. The summed E-state index contributed by atoms with van der Waals surface area (Å²) in [6.45, 7) is 12.3. The van der Waals surface area contributed by atoms with Gasteiger partial charge in [-0.25, -0.2) is 9.97 Å². The van der Waals surface area contributed by atoms with E-state index >= 15 is 0 Å². The Balaban J connectivity index is 0.775. The van der Waals surface area contributed by atoms with E-state index in [1.165, 1.54) is 0 Å². The van der Waals surface area contributed by atoms with Gasteiger partial charge in [0.1, 0.15) is 29.7 Å². The predicted octanol–water partition coefficient (Wildman–Crippen LogP) is 3.73. The van der Waals surface area contributed by atoms with Crippen LogP contribution in [-0.4, -0.2) is 134 Å². The van der Waals surface area contributed by atoms with E-state index in [2.05, 4.69) is 49.1 Å². The average Bonchev–Trinajstić information content (AvgIpc) is 4.07. The summed E-state index contributed by atoms with van der Waals surface area (Å²) in [4.78, 5) is 87.0. The fourth-order valence-electron chi connectivity index (χ4n) is 9.59. The van der Waals surface area contributed by atoms with E-state index in [4.69, 9.17) is 9.97 Å². The number of unbranched alkanes of at least 4 members (excludes halogenated alkanes) is 2. The van der Waals surface area contributed by atoms with Crippen LogP contribution in [0.15, 0.2) is 48.8 Å². The Kier molecular flexibility index (Phi) is 11.6. The lowest BCUT2D eigenvalue weighted by atomic mass is 10.0. The van der Waals surface area contributed by atoms with E-state index in [0.717, 1.165) is 106 Å². The Morgan fingerprint density at radius 1 is 0.839 bits per heavy atom. The molecule has 62 heavy (non-hydrogen) atoms. The third-order valence-corrected chi connectivity index (χ3v) is 13.1. The van der Waals surface area contributed by atoms with Crippen molar-refractivity contribution < 1.29 is 24.0 Å². The van der Waals surface area contributed by atoms with Gasteiger partial charge in [0.05, 0.1) is 28.9 Å². The van der Waals surface area contributed by atoms with E-state index in [1.807, 2.05) is 41.8 Å². The summed E-state index contributed by atoms with van der Waals surface area (Å²) < 4.78 is 1.94. The molecule has 5 aliphatic heterocycles. The molecule has 17 nitrogen and oxygen atoms in total. The van der Waals surface area contributed by atoms with Crippen molar-refractivity contribution in [3.8, 4) is 11.5 Å². The van der Waals surface area contributed by atoms with Gasteiger partial charge in [-0.1, -0.05) is 12.5 Å². The number of carbonyl (C=O) groups excluding carboxylic acids is 5. The molecule has 3 saturated heterocycles. The van der Waals surface area contributed by atoms with Crippen molar-refractivity contribution in [2.75, 3.05) is 67.6 Å². The monoisotopic (exact) mass is 842 g/mol. The molecular formula is C45H54N12O5. The van der Waals surface area contributed by atoms with Crippen molar-refractivity contribution >= 4 is 46.9 Å². The van der Waals surface area contributed by atoms with Crippen molar-refractivity contribution in [3.05, 3.63) is 76.7 Å². The zero-order valence-electron chi connectivity index (χ0n) is 35.8. The maximum Gasteiger partial charge on any atom is 0.262 e. The van der Waals surface area contributed by atoms with E-state index in [0.29, 0.717) is 59.7 Å². The Hall–Kier alpha value is -6.07. The van der Waals surface area contributed by atoms with Crippen LogP contribution in [0, 0.1) is 0 Å². The molecule has 9 rings (SSSR count). The first-order chi connectivity index (χ1) is 30.1. The van der Waals surface area contributed by atoms with E-state index in [-0.39, 0.29) is 18.7 Å². The number of fused-ring (bicyclic) bond motifs is 2. The fourth-order valence-corrected chi connectivity index (χ4v) is 9.59. The number of hydrogen-bond acceptors (Lipinski definition) is 13. The number of nitrogens with one attached hydrogen (secondary N) is 1. The number of nitrogens with zero attached hydrogens (tertiary/aromatic N) is 11. The van der Waals surface area contributed by atoms with Crippen LogP contribution in [0.5, 0.6) is 0 Å². The molecule has 5 amide bonds. The average molecular weight is 843 g/mol. The second kappa shape index (κ2) is 17.4. The number of piperidine rings is 1. The first-order valence-electron chi connectivity index (χ1n) is 22.1. The minimum Gasteiger partial charge on any atom is -0.369 e. The Bertz CT molecular complexity index is 2410. The number of rotatable bonds is 14. The molecule has 3 aromatic heterocycles. The third-order valence-electron chi connectivity index (χ3n) is 13.1. The SMILES string of the molecule is CCn1cnnc1-c1cccc(N2Cc3c(cc(N4CCC[C@H]4C)nc3CN(C)CCCCCN3CCN(c4ccc5c(c4)C(=O)N(C4CCC(=O)NC4=O)C5=O)CC3)C2=O)n1. The first kappa shape index (κ1) is 41.3. The zero-order valence-corrected chi connectivity index (χ0v) is 35.8. The molecule has 1 unspecified atom stereocenters. The van der Waals surface area contributed by atoms with Gasteiger partial charge in [0.25, 0.3) is 17.7 Å². The van der Waals surface area contributed by atoms with Crippen molar-refractivity contribution in [1.29, 1.82) is 0 Å². The summed E-state index contributed by atoms with van der Waals surface area (Å²) in [7, 11) is 2.14. The molecule has 1 aromatic carbocycles. The summed E-state index contributed by atoms with van der Waals surface area (Å²) in [5, 5.41) is 10.6. The first-order valence-corrected chi connectivity index (χ1v) is 22.1. The van der Waals surface area contributed by atoms with Gasteiger partial charge in [0.2, 0.25) is 11.8 Å². The number of imide groups is 2. The van der Waals surface area contributed by atoms with Crippen LogP contribution < -0.4 is 20.0 Å². The summed E-state index contributed by atoms with van der Waals surface area (Å²) >= 11 is 0. The molecule has 0 radical (unpaired) electrons. The Morgan fingerprint density at radius 3 is 2.44 bits per heavy atom. The van der Waals surface area contributed by atoms with Gasteiger partial charge in [0, 0.05) is 69.5 Å². The molecule has 1 N–H and O–H groups in total. The highest BCUT2D eigenvalue weighted by Crippen LogP contribution is 2.35. The number of aromatic nitrogens is 5. The number of anilines is 3. The van der Waals surface area contributed by atoms with Gasteiger partial charge in [-0.2, -0.15) is 0 Å². The highest BCUT2D eigenvalue weighted by Gasteiger charge is 2.45. The van der Waals surface area contributed by atoms with Crippen molar-refractivity contribution in [2.24, 2.45) is 0 Å². The summed E-state index contributed by atoms with van der Waals surface area (Å²) in [5.41, 5.74) is 4.78. The molecule has 5 aliphatic rings. The lowest BCUT2D eigenvalue weighted by molar-refractivity contribution is -0.136.